The fraction of sp³-hybridized carbons (Fsp3) is 0.438. The molecule has 11 heteroatoms. The highest BCUT2D eigenvalue weighted by molar-refractivity contribution is 6.00. The molecule has 11 nitrogen and oxygen atoms in total. The predicted molar refractivity (Wildman–Crippen MR) is 93.2 cm³/mol. The molecule has 1 aromatic carbocycles. The standard InChI is InChI=1S/C16H20N4O7/c1-9(14(22)19-16(24)18-10-2-3-10)27-15(23)12-8-11(20(25)26)4-5-13(12)17-6-7-21/h4-5,8-10,17,21H,2-3,6-7H2,1H3,(H2,18,19,22,24). The molecule has 1 aliphatic rings. The highest BCUT2D eigenvalue weighted by Crippen LogP contribution is 2.23. The lowest BCUT2D eigenvalue weighted by Crippen LogP contribution is -2.45. The quantitative estimate of drug-likeness (QED) is 0.289. The largest absolute Gasteiger partial charge is 0.449 e. The van der Waals surface area contributed by atoms with E-state index in [1.807, 2.05) is 0 Å². The smallest absolute Gasteiger partial charge is 0.341 e. The molecule has 0 saturated heterocycles. The van der Waals surface area contributed by atoms with Gasteiger partial charge in [0.15, 0.2) is 6.10 Å². The number of nitrogens with zero attached hydrogens (tertiary/aromatic N) is 1. The number of urea groups is 1. The van der Waals surface area contributed by atoms with E-state index in [2.05, 4.69) is 16.0 Å². The molecule has 27 heavy (non-hydrogen) atoms. The SMILES string of the molecule is CC(OC(=O)c1cc([N+](=O)[O-])ccc1NCCO)C(=O)NC(=O)NC1CC1. The van der Waals surface area contributed by atoms with Gasteiger partial charge in [0.1, 0.15) is 0 Å². The number of nitrogens with one attached hydrogen (secondary N) is 3. The van der Waals surface area contributed by atoms with Crippen LogP contribution in [0.4, 0.5) is 16.2 Å². The zero-order chi connectivity index (χ0) is 20.0. The number of carbonyl (C=O) groups is 3. The number of nitro benzene ring substituents is 1. The van der Waals surface area contributed by atoms with E-state index in [0.717, 1.165) is 18.9 Å². The molecule has 0 radical (unpaired) electrons. The first-order chi connectivity index (χ1) is 12.8. The van der Waals surface area contributed by atoms with Gasteiger partial charge in [-0.25, -0.2) is 9.59 Å². The maximum Gasteiger partial charge on any atom is 0.341 e. The van der Waals surface area contributed by atoms with E-state index in [1.165, 1.54) is 19.1 Å². The number of imide groups is 1. The molecule has 2 rings (SSSR count). The summed E-state index contributed by atoms with van der Waals surface area (Å²) < 4.78 is 5.02. The number of benzene rings is 1. The maximum atomic E-state index is 12.4. The molecule has 1 fully saturated rings. The van der Waals surface area contributed by atoms with E-state index in [1.54, 1.807) is 0 Å². The summed E-state index contributed by atoms with van der Waals surface area (Å²) in [6.07, 6.45) is 0.401. The van der Waals surface area contributed by atoms with Crippen molar-refractivity contribution in [2.24, 2.45) is 0 Å². The van der Waals surface area contributed by atoms with Gasteiger partial charge in [0.05, 0.1) is 17.1 Å². The molecule has 1 aromatic rings. The summed E-state index contributed by atoms with van der Waals surface area (Å²) in [5, 5.41) is 27.2. The third-order valence-corrected chi connectivity index (χ3v) is 3.66. The van der Waals surface area contributed by atoms with Gasteiger partial charge in [-0.3, -0.25) is 20.2 Å². The second-order valence-electron chi connectivity index (χ2n) is 5.92. The first-order valence-corrected chi connectivity index (χ1v) is 8.27. The molecule has 1 unspecified atom stereocenters. The molecule has 0 aliphatic heterocycles. The van der Waals surface area contributed by atoms with Crippen molar-refractivity contribution in [1.29, 1.82) is 0 Å². The van der Waals surface area contributed by atoms with Gasteiger partial charge in [0.2, 0.25) is 0 Å². The Morgan fingerprint density at radius 1 is 1.37 bits per heavy atom. The van der Waals surface area contributed by atoms with Crippen molar-refractivity contribution in [3.63, 3.8) is 0 Å². The number of rotatable bonds is 8. The summed E-state index contributed by atoms with van der Waals surface area (Å²) in [5.41, 5.74) is -0.295. The number of amides is 3. The highest BCUT2D eigenvalue weighted by Gasteiger charge is 2.27. The van der Waals surface area contributed by atoms with Gasteiger partial charge in [0.25, 0.3) is 11.6 Å². The molecule has 3 amide bonds. The number of anilines is 1. The lowest BCUT2D eigenvalue weighted by Gasteiger charge is -2.15. The van der Waals surface area contributed by atoms with Crippen LogP contribution in [-0.4, -0.2) is 53.2 Å². The summed E-state index contributed by atoms with van der Waals surface area (Å²) in [6.45, 7) is 1.16. The van der Waals surface area contributed by atoms with Gasteiger partial charge >= 0.3 is 12.0 Å². The lowest BCUT2D eigenvalue weighted by molar-refractivity contribution is -0.384. The summed E-state index contributed by atoms with van der Waals surface area (Å²) in [5.74, 6) is -1.80. The van der Waals surface area contributed by atoms with Crippen molar-refractivity contribution in [1.82, 2.24) is 10.6 Å². The number of carbonyl (C=O) groups excluding carboxylic acids is 3. The summed E-state index contributed by atoms with van der Waals surface area (Å²) in [6, 6.07) is 2.88. The zero-order valence-electron chi connectivity index (χ0n) is 14.6. The number of nitro groups is 1. The molecular weight excluding hydrogens is 360 g/mol. The van der Waals surface area contributed by atoms with Crippen molar-refractivity contribution in [2.45, 2.75) is 31.9 Å². The number of esters is 1. The van der Waals surface area contributed by atoms with E-state index in [9.17, 15) is 24.5 Å². The molecular formula is C16H20N4O7. The van der Waals surface area contributed by atoms with Crippen LogP contribution in [0.25, 0.3) is 0 Å². The van der Waals surface area contributed by atoms with Gasteiger partial charge < -0.3 is 20.5 Å². The monoisotopic (exact) mass is 380 g/mol. The number of ether oxygens (including phenoxy) is 1. The van der Waals surface area contributed by atoms with E-state index in [4.69, 9.17) is 9.84 Å². The second-order valence-corrected chi connectivity index (χ2v) is 5.92. The number of non-ortho nitro benzene ring substituents is 1. The number of aliphatic hydroxyl groups excluding tert-OH is 1. The van der Waals surface area contributed by atoms with Crippen LogP contribution >= 0.6 is 0 Å². The van der Waals surface area contributed by atoms with Crippen LogP contribution in [0.5, 0.6) is 0 Å². The average molecular weight is 380 g/mol. The predicted octanol–water partition coefficient (Wildman–Crippen LogP) is 0.532. The van der Waals surface area contributed by atoms with Crippen LogP contribution in [0, 0.1) is 10.1 Å². The Bertz CT molecular complexity index is 748. The van der Waals surface area contributed by atoms with E-state index >= 15 is 0 Å². The van der Waals surface area contributed by atoms with Crippen LogP contribution in [0.1, 0.15) is 30.1 Å². The third-order valence-electron chi connectivity index (χ3n) is 3.66. The Kier molecular flexibility index (Phi) is 6.66. The third kappa shape index (κ3) is 5.92. The van der Waals surface area contributed by atoms with Crippen molar-refractivity contribution in [3.8, 4) is 0 Å². The van der Waals surface area contributed by atoms with Crippen molar-refractivity contribution < 1.29 is 29.2 Å². The summed E-state index contributed by atoms with van der Waals surface area (Å²) >= 11 is 0. The van der Waals surface area contributed by atoms with Gasteiger partial charge in [-0.15, -0.1) is 0 Å². The molecule has 0 bridgehead atoms. The van der Waals surface area contributed by atoms with Crippen molar-refractivity contribution >= 4 is 29.3 Å². The second kappa shape index (κ2) is 8.94. The molecule has 0 aromatic heterocycles. The molecule has 1 atom stereocenters. The minimum absolute atomic E-state index is 0.0562. The Hall–Kier alpha value is -3.21. The number of hydrogen-bond acceptors (Lipinski definition) is 8. The molecule has 146 valence electrons. The summed E-state index contributed by atoms with van der Waals surface area (Å²) in [4.78, 5) is 46.1. The lowest BCUT2D eigenvalue weighted by atomic mass is 10.1. The van der Waals surface area contributed by atoms with E-state index < -0.39 is 28.9 Å². The van der Waals surface area contributed by atoms with Crippen LogP contribution in [0.2, 0.25) is 0 Å². The molecule has 4 N–H and O–H groups in total. The van der Waals surface area contributed by atoms with Gasteiger partial charge in [0, 0.05) is 30.4 Å². The Balaban J connectivity index is 2.05. The van der Waals surface area contributed by atoms with Crippen LogP contribution in [0.3, 0.4) is 0 Å². The van der Waals surface area contributed by atoms with Crippen molar-refractivity contribution in [2.75, 3.05) is 18.5 Å². The van der Waals surface area contributed by atoms with Gasteiger partial charge in [-0.2, -0.15) is 0 Å². The Morgan fingerprint density at radius 3 is 2.67 bits per heavy atom. The molecule has 1 saturated carbocycles. The topological polar surface area (TPSA) is 160 Å². The Labute approximate surface area is 154 Å². The minimum atomic E-state index is -1.30. The average Bonchev–Trinajstić information content (AvgIpc) is 3.43. The zero-order valence-corrected chi connectivity index (χ0v) is 14.6. The minimum Gasteiger partial charge on any atom is -0.449 e. The van der Waals surface area contributed by atoms with E-state index in [-0.39, 0.29) is 36.1 Å². The molecule has 0 heterocycles. The van der Waals surface area contributed by atoms with Crippen LogP contribution in [0.15, 0.2) is 18.2 Å². The maximum absolute atomic E-state index is 12.4. The van der Waals surface area contributed by atoms with Crippen LogP contribution < -0.4 is 16.0 Å². The first kappa shape index (κ1) is 20.1. The van der Waals surface area contributed by atoms with Gasteiger partial charge in [-0.1, -0.05) is 0 Å². The molecule has 0 spiro atoms. The first-order valence-electron chi connectivity index (χ1n) is 8.27. The number of aliphatic hydroxyl groups is 1. The highest BCUT2D eigenvalue weighted by atomic mass is 16.6. The number of hydrogen-bond donors (Lipinski definition) is 4. The summed E-state index contributed by atoms with van der Waals surface area (Å²) in [7, 11) is 0. The Morgan fingerprint density at radius 2 is 2.07 bits per heavy atom. The fourth-order valence-electron chi connectivity index (χ4n) is 2.10. The normalized spacial score (nSPS) is 14.0. The van der Waals surface area contributed by atoms with E-state index in [0.29, 0.717) is 0 Å². The van der Waals surface area contributed by atoms with Crippen molar-refractivity contribution in [3.05, 3.63) is 33.9 Å². The fourth-order valence-corrected chi connectivity index (χ4v) is 2.10. The van der Waals surface area contributed by atoms with Gasteiger partial charge in [-0.05, 0) is 25.8 Å². The van der Waals surface area contributed by atoms with Crippen LogP contribution in [-0.2, 0) is 9.53 Å². The molecule has 1 aliphatic carbocycles.